The first-order chi connectivity index (χ1) is 16.0. The second kappa shape index (κ2) is 11.2. The van der Waals surface area contributed by atoms with E-state index < -0.39 is 0 Å². The number of anilines is 2. The van der Waals surface area contributed by atoms with Gasteiger partial charge in [-0.15, -0.1) is 0 Å². The summed E-state index contributed by atoms with van der Waals surface area (Å²) in [5.41, 5.74) is 3.82. The van der Waals surface area contributed by atoms with Crippen LogP contribution >= 0.6 is 34.8 Å². The van der Waals surface area contributed by atoms with Crippen LogP contribution in [0.25, 0.3) is 0 Å². The molecular weight excluding hydrogens is 483 g/mol. The molecule has 0 atom stereocenters. The highest BCUT2D eigenvalue weighted by atomic mass is 35.5. The molecular formula is C25H25Cl3N2O3. The minimum atomic E-state index is 0.207. The quantitative estimate of drug-likeness (QED) is 0.368. The van der Waals surface area contributed by atoms with E-state index in [0.717, 1.165) is 37.6 Å². The summed E-state index contributed by atoms with van der Waals surface area (Å²) in [6.45, 7) is 4.12. The van der Waals surface area contributed by atoms with Crippen molar-refractivity contribution in [2.75, 3.05) is 43.6 Å². The molecule has 0 saturated carbocycles. The molecule has 1 fully saturated rings. The Morgan fingerprint density at radius 3 is 2.27 bits per heavy atom. The van der Waals surface area contributed by atoms with Crippen molar-refractivity contribution in [3.8, 4) is 11.5 Å². The predicted molar refractivity (Wildman–Crippen MR) is 136 cm³/mol. The summed E-state index contributed by atoms with van der Waals surface area (Å²) >= 11 is 19.0. The van der Waals surface area contributed by atoms with Crippen molar-refractivity contribution in [1.29, 1.82) is 0 Å². The van der Waals surface area contributed by atoms with Crippen LogP contribution in [0.5, 0.6) is 11.5 Å². The number of halogens is 3. The average molecular weight is 508 g/mol. The monoisotopic (exact) mass is 506 g/mol. The molecule has 4 rings (SSSR count). The molecule has 0 aliphatic carbocycles. The summed E-state index contributed by atoms with van der Waals surface area (Å²) in [4.78, 5) is 2.32. The van der Waals surface area contributed by atoms with Gasteiger partial charge in [-0.05, 0) is 48.0 Å². The van der Waals surface area contributed by atoms with E-state index in [4.69, 9.17) is 49.0 Å². The van der Waals surface area contributed by atoms with Gasteiger partial charge in [0, 0.05) is 57.7 Å². The Hall–Kier alpha value is -2.31. The van der Waals surface area contributed by atoms with Crippen molar-refractivity contribution < 1.29 is 14.2 Å². The van der Waals surface area contributed by atoms with Gasteiger partial charge < -0.3 is 24.4 Å². The van der Waals surface area contributed by atoms with Crippen LogP contribution in [0.1, 0.15) is 11.1 Å². The van der Waals surface area contributed by atoms with Crippen molar-refractivity contribution in [3.63, 3.8) is 0 Å². The number of hydrogen-bond acceptors (Lipinski definition) is 5. The van der Waals surface area contributed by atoms with Crippen molar-refractivity contribution in [3.05, 3.63) is 80.8 Å². The molecule has 1 N–H and O–H groups in total. The normalized spacial score (nSPS) is 13.6. The van der Waals surface area contributed by atoms with Crippen LogP contribution in [0.2, 0.25) is 15.1 Å². The summed E-state index contributed by atoms with van der Waals surface area (Å²) < 4.78 is 16.9. The van der Waals surface area contributed by atoms with E-state index in [1.165, 1.54) is 5.69 Å². The average Bonchev–Trinajstić information content (AvgIpc) is 2.84. The van der Waals surface area contributed by atoms with Crippen LogP contribution in [0.3, 0.4) is 0 Å². The zero-order valence-electron chi connectivity index (χ0n) is 18.2. The minimum Gasteiger partial charge on any atom is -0.493 e. The van der Waals surface area contributed by atoms with Crippen LogP contribution in [-0.4, -0.2) is 33.4 Å². The van der Waals surface area contributed by atoms with E-state index in [9.17, 15) is 0 Å². The van der Waals surface area contributed by atoms with E-state index in [2.05, 4.69) is 34.5 Å². The molecule has 0 aromatic heterocycles. The highest BCUT2D eigenvalue weighted by molar-refractivity contribution is 6.36. The van der Waals surface area contributed by atoms with Crippen LogP contribution < -0.4 is 19.7 Å². The largest absolute Gasteiger partial charge is 0.493 e. The van der Waals surface area contributed by atoms with Gasteiger partial charge >= 0.3 is 0 Å². The summed E-state index contributed by atoms with van der Waals surface area (Å²) in [6.07, 6.45) is 0. The fourth-order valence-electron chi connectivity index (χ4n) is 3.61. The van der Waals surface area contributed by atoms with Crippen molar-refractivity contribution in [2.24, 2.45) is 0 Å². The number of rotatable bonds is 8. The second-order valence-electron chi connectivity index (χ2n) is 7.58. The number of hydrogen-bond donors (Lipinski definition) is 1. The molecule has 0 unspecified atom stereocenters. The third kappa shape index (κ3) is 5.98. The highest BCUT2D eigenvalue weighted by Crippen LogP contribution is 2.35. The first-order valence-electron chi connectivity index (χ1n) is 10.6. The lowest BCUT2D eigenvalue weighted by molar-refractivity contribution is 0.122. The lowest BCUT2D eigenvalue weighted by Crippen LogP contribution is -2.36. The number of nitrogens with zero attached hydrogens (tertiary/aromatic N) is 1. The molecule has 1 heterocycles. The Morgan fingerprint density at radius 2 is 1.61 bits per heavy atom. The lowest BCUT2D eigenvalue weighted by atomic mass is 10.1. The van der Waals surface area contributed by atoms with Gasteiger partial charge in [0.25, 0.3) is 0 Å². The predicted octanol–water partition coefficient (Wildman–Crippen LogP) is 6.68. The van der Waals surface area contributed by atoms with E-state index >= 15 is 0 Å². The maximum Gasteiger partial charge on any atom is 0.163 e. The Kier molecular flexibility index (Phi) is 8.10. The molecule has 1 aliphatic rings. The van der Waals surface area contributed by atoms with Crippen molar-refractivity contribution >= 4 is 46.2 Å². The van der Waals surface area contributed by atoms with Gasteiger partial charge in [0.05, 0.1) is 20.3 Å². The maximum absolute atomic E-state index is 6.55. The second-order valence-corrected chi connectivity index (χ2v) is 8.80. The molecule has 33 heavy (non-hydrogen) atoms. The fourth-order valence-corrected chi connectivity index (χ4v) is 4.34. The Balaban J connectivity index is 1.41. The first kappa shape index (κ1) is 23.8. The van der Waals surface area contributed by atoms with E-state index in [0.29, 0.717) is 38.7 Å². The smallest absolute Gasteiger partial charge is 0.163 e. The van der Waals surface area contributed by atoms with Gasteiger partial charge in [-0.3, -0.25) is 0 Å². The van der Waals surface area contributed by atoms with Crippen LogP contribution in [0.4, 0.5) is 11.4 Å². The van der Waals surface area contributed by atoms with E-state index in [1.807, 2.05) is 6.07 Å². The molecule has 0 spiro atoms. The molecule has 174 valence electrons. The summed E-state index contributed by atoms with van der Waals surface area (Å²) in [5.74, 6) is 1.11. The number of morpholine rings is 1. The van der Waals surface area contributed by atoms with Crippen molar-refractivity contribution in [2.45, 2.75) is 13.2 Å². The molecule has 5 nitrogen and oxygen atoms in total. The molecule has 0 bridgehead atoms. The topological polar surface area (TPSA) is 43.0 Å². The number of ether oxygens (including phenoxy) is 3. The molecule has 8 heteroatoms. The molecule has 0 radical (unpaired) electrons. The van der Waals surface area contributed by atoms with Crippen LogP contribution in [0, 0.1) is 0 Å². The first-order valence-corrected chi connectivity index (χ1v) is 11.8. The van der Waals surface area contributed by atoms with Crippen LogP contribution in [-0.2, 0) is 17.9 Å². The van der Waals surface area contributed by atoms with Gasteiger partial charge in [-0.1, -0.05) is 40.9 Å². The molecule has 1 aliphatic heterocycles. The molecule has 1 saturated heterocycles. The lowest BCUT2D eigenvalue weighted by Gasteiger charge is -2.29. The fraction of sp³-hybridized carbons (Fsp3) is 0.280. The number of nitrogens with one attached hydrogen (secondary N) is 1. The zero-order chi connectivity index (χ0) is 23.2. The van der Waals surface area contributed by atoms with Gasteiger partial charge in [-0.2, -0.15) is 0 Å². The van der Waals surface area contributed by atoms with Crippen LogP contribution in [0.15, 0.2) is 54.6 Å². The SMILES string of the molecule is COc1cc(CNc2ccc(N3CCOCC3)cc2)c(Cl)cc1OCc1c(Cl)cccc1Cl. The third-order valence-electron chi connectivity index (χ3n) is 5.49. The Bertz CT molecular complexity index is 1070. The highest BCUT2D eigenvalue weighted by Gasteiger charge is 2.14. The van der Waals surface area contributed by atoms with Gasteiger partial charge in [0.1, 0.15) is 6.61 Å². The van der Waals surface area contributed by atoms with Crippen molar-refractivity contribution in [1.82, 2.24) is 0 Å². The Morgan fingerprint density at radius 1 is 0.909 bits per heavy atom. The summed E-state index contributed by atoms with van der Waals surface area (Å²) in [6, 6.07) is 17.4. The summed E-state index contributed by atoms with van der Waals surface area (Å²) in [7, 11) is 1.60. The molecule has 0 amide bonds. The molecule has 3 aromatic carbocycles. The minimum absolute atomic E-state index is 0.207. The zero-order valence-corrected chi connectivity index (χ0v) is 20.5. The third-order valence-corrected chi connectivity index (χ3v) is 6.55. The standard InChI is InChI=1S/C25H25Cl3N2O3/c1-31-24-13-17(15-29-18-5-7-19(8-6-18)30-9-11-32-12-10-30)23(28)14-25(24)33-16-20-21(26)3-2-4-22(20)27/h2-8,13-14,29H,9-12,15-16H2,1H3. The van der Waals surface area contributed by atoms with Gasteiger partial charge in [-0.25, -0.2) is 0 Å². The van der Waals surface area contributed by atoms with Gasteiger partial charge in [0.15, 0.2) is 11.5 Å². The molecule has 3 aromatic rings. The number of benzene rings is 3. The Labute approximate surface area is 209 Å². The van der Waals surface area contributed by atoms with E-state index in [-0.39, 0.29) is 6.61 Å². The van der Waals surface area contributed by atoms with Gasteiger partial charge in [0.2, 0.25) is 0 Å². The summed E-state index contributed by atoms with van der Waals surface area (Å²) in [5, 5.41) is 5.09. The van der Waals surface area contributed by atoms with E-state index in [1.54, 1.807) is 31.4 Å². The maximum atomic E-state index is 6.55. The number of methoxy groups -OCH3 is 1.